The molecule has 0 heterocycles. The predicted molar refractivity (Wildman–Crippen MR) is 95.5 cm³/mol. The van der Waals surface area contributed by atoms with Crippen molar-refractivity contribution in [3.63, 3.8) is 0 Å². The van der Waals surface area contributed by atoms with Gasteiger partial charge in [-0.05, 0) is 50.6 Å². The van der Waals surface area contributed by atoms with Crippen LogP contribution in [0.3, 0.4) is 0 Å². The van der Waals surface area contributed by atoms with Gasteiger partial charge in [-0.15, -0.1) is 0 Å². The molecule has 24 heavy (non-hydrogen) atoms. The van der Waals surface area contributed by atoms with Crippen LogP contribution < -0.4 is 9.47 Å². The minimum Gasteiger partial charge on any atom is -0.497 e. The van der Waals surface area contributed by atoms with E-state index in [0.29, 0.717) is 12.3 Å². The van der Waals surface area contributed by atoms with Gasteiger partial charge in [-0.2, -0.15) is 0 Å². The Morgan fingerprint density at radius 3 is 2.46 bits per heavy atom. The Balaban J connectivity index is 2.03. The van der Waals surface area contributed by atoms with Crippen LogP contribution in [0.25, 0.3) is 0 Å². The summed E-state index contributed by atoms with van der Waals surface area (Å²) < 4.78 is 10.9. The summed E-state index contributed by atoms with van der Waals surface area (Å²) >= 11 is 0. The van der Waals surface area contributed by atoms with E-state index in [0.717, 1.165) is 16.9 Å². The molecule has 128 valence electrons. The lowest BCUT2D eigenvalue weighted by molar-refractivity contribution is -0.135. The van der Waals surface area contributed by atoms with E-state index in [1.165, 1.54) is 0 Å². The summed E-state index contributed by atoms with van der Waals surface area (Å²) in [5, 5.41) is 0. The van der Waals surface area contributed by atoms with Gasteiger partial charge in [-0.25, -0.2) is 0 Å². The molecule has 1 amide bonds. The van der Waals surface area contributed by atoms with Gasteiger partial charge < -0.3 is 14.4 Å². The zero-order valence-corrected chi connectivity index (χ0v) is 14.8. The fraction of sp³-hybridized carbons (Fsp3) is 0.350. The molecular weight excluding hydrogens is 302 g/mol. The molecule has 0 unspecified atom stereocenters. The van der Waals surface area contributed by atoms with Gasteiger partial charge in [0.15, 0.2) is 6.61 Å². The van der Waals surface area contributed by atoms with Crippen molar-refractivity contribution in [2.24, 2.45) is 0 Å². The second-order valence-electron chi connectivity index (χ2n) is 5.73. The highest BCUT2D eigenvalue weighted by Gasteiger charge is 2.20. The van der Waals surface area contributed by atoms with Crippen molar-refractivity contribution in [3.05, 3.63) is 59.7 Å². The van der Waals surface area contributed by atoms with Crippen molar-refractivity contribution in [2.75, 3.05) is 20.3 Å². The normalized spacial score (nSPS) is 11.7. The van der Waals surface area contributed by atoms with Gasteiger partial charge in [0.05, 0.1) is 13.2 Å². The van der Waals surface area contributed by atoms with Gasteiger partial charge in [0.1, 0.15) is 11.5 Å². The third-order valence-electron chi connectivity index (χ3n) is 4.09. The Morgan fingerprint density at radius 2 is 1.83 bits per heavy atom. The Labute approximate surface area is 144 Å². The molecule has 1 atom stereocenters. The lowest BCUT2D eigenvalue weighted by atomic mass is 10.1. The lowest BCUT2D eigenvalue weighted by Crippen LogP contribution is -2.36. The molecule has 2 aromatic rings. The average Bonchev–Trinajstić information content (AvgIpc) is 2.61. The van der Waals surface area contributed by atoms with E-state index in [1.807, 2.05) is 74.2 Å². The SMILES string of the molecule is CCN(C(=O)COc1ccc(C)cc1)[C@@H](C)c1cccc(OC)c1. The number of ether oxygens (including phenoxy) is 2. The number of amides is 1. The molecule has 0 aromatic heterocycles. The average molecular weight is 327 g/mol. The van der Waals surface area contributed by atoms with Crippen LogP contribution in [0.15, 0.2) is 48.5 Å². The standard InChI is InChI=1S/C20H25NO3/c1-5-21(16(3)17-7-6-8-19(13-17)23-4)20(22)14-24-18-11-9-15(2)10-12-18/h6-13,16H,5,14H2,1-4H3/t16-/m0/s1. The minimum absolute atomic E-state index is 0.0329. The summed E-state index contributed by atoms with van der Waals surface area (Å²) in [4.78, 5) is 14.4. The molecule has 0 saturated carbocycles. The van der Waals surface area contributed by atoms with Crippen LogP contribution in [0.2, 0.25) is 0 Å². The topological polar surface area (TPSA) is 38.8 Å². The maximum atomic E-state index is 12.6. The van der Waals surface area contributed by atoms with Gasteiger partial charge in [0.25, 0.3) is 5.91 Å². The first-order valence-electron chi connectivity index (χ1n) is 8.18. The first-order valence-corrected chi connectivity index (χ1v) is 8.18. The smallest absolute Gasteiger partial charge is 0.260 e. The van der Waals surface area contributed by atoms with Crippen LogP contribution in [0, 0.1) is 6.92 Å². The zero-order valence-electron chi connectivity index (χ0n) is 14.8. The number of carbonyl (C=O) groups excluding carboxylic acids is 1. The van der Waals surface area contributed by atoms with Crippen LogP contribution in [0.4, 0.5) is 0 Å². The van der Waals surface area contributed by atoms with Gasteiger partial charge in [0.2, 0.25) is 0 Å². The molecule has 0 aliphatic rings. The number of carbonyl (C=O) groups is 1. The number of hydrogen-bond acceptors (Lipinski definition) is 3. The molecule has 4 heteroatoms. The number of methoxy groups -OCH3 is 1. The molecule has 0 fully saturated rings. The first kappa shape index (κ1) is 17.9. The molecule has 2 rings (SSSR count). The van der Waals surface area contributed by atoms with Gasteiger partial charge >= 0.3 is 0 Å². The maximum absolute atomic E-state index is 12.6. The molecule has 0 aliphatic heterocycles. The number of aryl methyl sites for hydroxylation is 1. The van der Waals surface area contributed by atoms with Gasteiger partial charge in [0, 0.05) is 6.54 Å². The van der Waals surface area contributed by atoms with Crippen LogP contribution in [-0.2, 0) is 4.79 Å². The number of likely N-dealkylation sites (N-methyl/N-ethyl adjacent to an activating group) is 1. The predicted octanol–water partition coefficient (Wildman–Crippen LogP) is 3.99. The highest BCUT2D eigenvalue weighted by atomic mass is 16.5. The first-order chi connectivity index (χ1) is 11.5. The third kappa shape index (κ3) is 4.51. The second kappa shape index (κ2) is 8.39. The number of nitrogens with zero attached hydrogens (tertiary/aromatic N) is 1. The maximum Gasteiger partial charge on any atom is 0.260 e. The van der Waals surface area contributed by atoms with Crippen LogP contribution in [0.5, 0.6) is 11.5 Å². The van der Waals surface area contributed by atoms with Gasteiger partial charge in [-0.1, -0.05) is 29.8 Å². The molecule has 0 bridgehead atoms. The fourth-order valence-corrected chi connectivity index (χ4v) is 2.61. The number of hydrogen-bond donors (Lipinski definition) is 0. The van der Waals surface area contributed by atoms with Crippen molar-refractivity contribution in [1.29, 1.82) is 0 Å². The van der Waals surface area contributed by atoms with E-state index in [-0.39, 0.29) is 18.6 Å². The van der Waals surface area contributed by atoms with E-state index in [4.69, 9.17) is 9.47 Å². The van der Waals surface area contributed by atoms with Crippen LogP contribution in [-0.4, -0.2) is 31.1 Å². The molecular formula is C20H25NO3. The minimum atomic E-state index is -0.0424. The summed E-state index contributed by atoms with van der Waals surface area (Å²) in [5.41, 5.74) is 2.20. The largest absolute Gasteiger partial charge is 0.497 e. The van der Waals surface area contributed by atoms with E-state index >= 15 is 0 Å². The summed E-state index contributed by atoms with van der Waals surface area (Å²) in [6, 6.07) is 15.5. The molecule has 0 spiro atoms. The van der Waals surface area contributed by atoms with Crippen molar-refractivity contribution in [2.45, 2.75) is 26.8 Å². The van der Waals surface area contributed by atoms with Crippen molar-refractivity contribution in [1.82, 2.24) is 4.90 Å². The Hall–Kier alpha value is -2.49. The number of benzene rings is 2. The lowest BCUT2D eigenvalue weighted by Gasteiger charge is -2.28. The highest BCUT2D eigenvalue weighted by molar-refractivity contribution is 5.78. The summed E-state index contributed by atoms with van der Waals surface area (Å²) in [5.74, 6) is 1.46. The molecule has 0 N–H and O–H groups in total. The summed E-state index contributed by atoms with van der Waals surface area (Å²) in [6.07, 6.45) is 0. The van der Waals surface area contributed by atoms with Crippen LogP contribution >= 0.6 is 0 Å². The monoisotopic (exact) mass is 327 g/mol. The summed E-state index contributed by atoms with van der Waals surface area (Å²) in [7, 11) is 1.64. The Bertz CT molecular complexity index is 667. The quantitative estimate of drug-likeness (QED) is 0.772. The van der Waals surface area contributed by atoms with Crippen molar-refractivity contribution in [3.8, 4) is 11.5 Å². The zero-order chi connectivity index (χ0) is 17.5. The fourth-order valence-electron chi connectivity index (χ4n) is 2.61. The van der Waals surface area contributed by atoms with E-state index < -0.39 is 0 Å². The van der Waals surface area contributed by atoms with Crippen molar-refractivity contribution >= 4 is 5.91 Å². The number of rotatable bonds is 7. The summed E-state index contributed by atoms with van der Waals surface area (Å²) in [6.45, 7) is 6.66. The Morgan fingerprint density at radius 1 is 1.12 bits per heavy atom. The molecule has 0 saturated heterocycles. The molecule has 4 nitrogen and oxygen atoms in total. The van der Waals surface area contributed by atoms with Crippen molar-refractivity contribution < 1.29 is 14.3 Å². The van der Waals surface area contributed by atoms with Crippen LogP contribution in [0.1, 0.15) is 31.0 Å². The third-order valence-corrected chi connectivity index (χ3v) is 4.09. The van der Waals surface area contributed by atoms with E-state index in [9.17, 15) is 4.79 Å². The highest BCUT2D eigenvalue weighted by Crippen LogP contribution is 2.24. The molecule has 2 aromatic carbocycles. The molecule has 0 aliphatic carbocycles. The van der Waals surface area contributed by atoms with Gasteiger partial charge in [-0.3, -0.25) is 4.79 Å². The van der Waals surface area contributed by atoms with E-state index in [1.54, 1.807) is 7.11 Å². The molecule has 0 radical (unpaired) electrons. The van der Waals surface area contributed by atoms with E-state index in [2.05, 4.69) is 0 Å². The Kier molecular flexibility index (Phi) is 6.24. The second-order valence-corrected chi connectivity index (χ2v) is 5.73.